The highest BCUT2D eigenvalue weighted by atomic mass is 15.1. The van der Waals surface area contributed by atoms with Gasteiger partial charge in [0.2, 0.25) is 0 Å². The highest BCUT2D eigenvalue weighted by molar-refractivity contribution is 5.76. The Morgan fingerprint density at radius 1 is 1.29 bits per heavy atom. The minimum atomic E-state index is 0.291. The van der Waals surface area contributed by atoms with Crippen LogP contribution in [0.2, 0.25) is 0 Å². The van der Waals surface area contributed by atoms with Gasteiger partial charge in [-0.1, -0.05) is 17.7 Å². The second-order valence-corrected chi connectivity index (χ2v) is 4.69. The lowest BCUT2D eigenvalue weighted by Crippen LogP contribution is -2.20. The van der Waals surface area contributed by atoms with Crippen molar-refractivity contribution in [3.05, 3.63) is 29.3 Å². The molecule has 0 amide bonds. The number of aryl methyl sites for hydroxylation is 2. The van der Waals surface area contributed by atoms with Gasteiger partial charge in [0.1, 0.15) is 0 Å². The molecule has 0 saturated heterocycles. The van der Waals surface area contributed by atoms with Crippen molar-refractivity contribution in [3.63, 3.8) is 0 Å². The molecule has 0 spiro atoms. The first-order chi connectivity index (χ1) is 8.00. The molecular weight excluding hydrogens is 210 g/mol. The summed E-state index contributed by atoms with van der Waals surface area (Å²) < 4.78 is 0. The summed E-state index contributed by atoms with van der Waals surface area (Å²) >= 11 is 0. The number of unbranched alkanes of at least 4 members (excludes halogenated alkanes) is 1. The van der Waals surface area contributed by atoms with Crippen LogP contribution in [-0.4, -0.2) is 19.4 Å². The zero-order valence-corrected chi connectivity index (χ0v) is 11.1. The molecule has 0 heterocycles. The maximum Gasteiger partial charge on any atom is 0.0905 e. The van der Waals surface area contributed by atoms with Crippen LogP contribution in [-0.2, 0) is 0 Å². The van der Waals surface area contributed by atoms with E-state index in [9.17, 15) is 0 Å². The van der Waals surface area contributed by atoms with Crippen LogP contribution in [0.25, 0.3) is 0 Å². The molecular formula is C14H23N3. The van der Waals surface area contributed by atoms with Crippen LogP contribution < -0.4 is 10.6 Å². The van der Waals surface area contributed by atoms with Crippen LogP contribution in [0.5, 0.6) is 0 Å². The lowest BCUT2D eigenvalue weighted by atomic mass is 10.1. The summed E-state index contributed by atoms with van der Waals surface area (Å²) in [6, 6.07) is 6.53. The van der Waals surface area contributed by atoms with Gasteiger partial charge >= 0.3 is 0 Å². The summed E-state index contributed by atoms with van der Waals surface area (Å²) in [7, 11) is 2.12. The van der Waals surface area contributed by atoms with Crippen molar-refractivity contribution in [1.29, 1.82) is 5.41 Å². The van der Waals surface area contributed by atoms with E-state index in [0.29, 0.717) is 12.3 Å². The van der Waals surface area contributed by atoms with Crippen LogP contribution in [0.4, 0.5) is 5.69 Å². The number of hydrogen-bond acceptors (Lipinski definition) is 2. The van der Waals surface area contributed by atoms with E-state index >= 15 is 0 Å². The van der Waals surface area contributed by atoms with Crippen molar-refractivity contribution in [3.8, 4) is 0 Å². The largest absolute Gasteiger partial charge is 0.388 e. The van der Waals surface area contributed by atoms with Gasteiger partial charge in [-0.25, -0.2) is 0 Å². The van der Waals surface area contributed by atoms with Crippen LogP contribution in [0.3, 0.4) is 0 Å². The van der Waals surface area contributed by atoms with Gasteiger partial charge in [-0.2, -0.15) is 0 Å². The fourth-order valence-electron chi connectivity index (χ4n) is 2.02. The molecule has 0 aliphatic heterocycles. The predicted molar refractivity (Wildman–Crippen MR) is 75.0 cm³/mol. The first kappa shape index (κ1) is 13.6. The van der Waals surface area contributed by atoms with Gasteiger partial charge in [-0.05, 0) is 38.3 Å². The molecule has 0 saturated carbocycles. The Balaban J connectivity index is 2.46. The molecule has 1 aromatic carbocycles. The molecule has 3 heteroatoms. The highest BCUT2D eigenvalue weighted by Gasteiger charge is 2.04. The third-order valence-electron chi connectivity index (χ3n) is 2.95. The maximum absolute atomic E-state index is 7.17. The van der Waals surface area contributed by atoms with Gasteiger partial charge in [0.05, 0.1) is 5.84 Å². The molecule has 3 nitrogen and oxygen atoms in total. The Kier molecular flexibility index (Phi) is 5.01. The first-order valence-electron chi connectivity index (χ1n) is 6.12. The fraction of sp³-hybridized carbons (Fsp3) is 0.500. The third-order valence-corrected chi connectivity index (χ3v) is 2.95. The molecule has 0 fully saturated rings. The molecule has 0 radical (unpaired) electrons. The molecule has 1 aromatic rings. The molecule has 1 rings (SSSR count). The zero-order chi connectivity index (χ0) is 12.8. The van der Waals surface area contributed by atoms with Crippen LogP contribution in [0.1, 0.15) is 30.4 Å². The van der Waals surface area contributed by atoms with Crippen molar-refractivity contribution in [2.75, 3.05) is 18.5 Å². The average Bonchev–Trinajstić information content (AvgIpc) is 2.23. The summed E-state index contributed by atoms with van der Waals surface area (Å²) in [4.78, 5) is 2.27. The lowest BCUT2D eigenvalue weighted by molar-refractivity contribution is 0.737. The minimum absolute atomic E-state index is 0.291. The van der Waals surface area contributed by atoms with E-state index in [1.165, 1.54) is 16.8 Å². The lowest BCUT2D eigenvalue weighted by Gasteiger charge is -2.21. The molecule has 0 bridgehead atoms. The Morgan fingerprint density at radius 3 is 2.59 bits per heavy atom. The Bertz CT molecular complexity index is 385. The highest BCUT2D eigenvalue weighted by Crippen LogP contribution is 2.20. The van der Waals surface area contributed by atoms with Crippen molar-refractivity contribution >= 4 is 11.5 Å². The smallest absolute Gasteiger partial charge is 0.0905 e. The normalized spacial score (nSPS) is 10.3. The number of rotatable bonds is 6. The summed E-state index contributed by atoms with van der Waals surface area (Å²) in [5, 5.41) is 7.17. The van der Waals surface area contributed by atoms with E-state index in [1.807, 2.05) is 0 Å². The van der Waals surface area contributed by atoms with Crippen molar-refractivity contribution < 1.29 is 0 Å². The second-order valence-electron chi connectivity index (χ2n) is 4.69. The standard InChI is InChI=1S/C14H23N3/c1-11-7-8-13(12(2)10-11)17(3)9-5-4-6-14(15)16/h7-8,10H,4-6,9H2,1-3H3,(H3,15,16). The fourth-order valence-corrected chi connectivity index (χ4v) is 2.02. The number of nitrogens with zero attached hydrogens (tertiary/aromatic N) is 1. The molecule has 17 heavy (non-hydrogen) atoms. The molecule has 3 N–H and O–H groups in total. The monoisotopic (exact) mass is 233 g/mol. The second kappa shape index (κ2) is 6.28. The van der Waals surface area contributed by atoms with Crippen LogP contribution in [0.15, 0.2) is 18.2 Å². The quantitative estimate of drug-likeness (QED) is 0.451. The Morgan fingerprint density at radius 2 is 2.00 bits per heavy atom. The van der Waals surface area contributed by atoms with E-state index in [0.717, 1.165) is 19.4 Å². The predicted octanol–water partition coefficient (Wildman–Crippen LogP) is 2.85. The van der Waals surface area contributed by atoms with Crippen molar-refractivity contribution in [2.24, 2.45) is 5.73 Å². The summed E-state index contributed by atoms with van der Waals surface area (Å²) in [6.07, 6.45) is 2.77. The van der Waals surface area contributed by atoms with Gasteiger partial charge in [0, 0.05) is 25.7 Å². The van der Waals surface area contributed by atoms with E-state index in [2.05, 4.69) is 44.0 Å². The average molecular weight is 233 g/mol. The van der Waals surface area contributed by atoms with Crippen LogP contribution in [0, 0.1) is 19.3 Å². The number of nitrogens with two attached hydrogens (primary N) is 1. The molecule has 0 aliphatic rings. The van der Waals surface area contributed by atoms with Crippen LogP contribution >= 0.6 is 0 Å². The van der Waals surface area contributed by atoms with Gasteiger partial charge in [0.15, 0.2) is 0 Å². The molecule has 0 aromatic heterocycles. The van der Waals surface area contributed by atoms with E-state index in [-0.39, 0.29) is 0 Å². The van der Waals surface area contributed by atoms with Crippen molar-refractivity contribution in [2.45, 2.75) is 33.1 Å². The third kappa shape index (κ3) is 4.47. The molecule has 0 unspecified atom stereocenters. The maximum atomic E-state index is 7.17. The Labute approximate surface area is 104 Å². The zero-order valence-electron chi connectivity index (χ0n) is 11.1. The van der Waals surface area contributed by atoms with E-state index < -0.39 is 0 Å². The number of anilines is 1. The molecule has 94 valence electrons. The van der Waals surface area contributed by atoms with Gasteiger partial charge in [-0.15, -0.1) is 0 Å². The van der Waals surface area contributed by atoms with Crippen molar-refractivity contribution in [1.82, 2.24) is 0 Å². The first-order valence-corrected chi connectivity index (χ1v) is 6.12. The number of hydrogen-bond donors (Lipinski definition) is 2. The number of benzene rings is 1. The number of nitrogens with one attached hydrogen (secondary N) is 1. The molecule has 0 aliphatic carbocycles. The minimum Gasteiger partial charge on any atom is -0.388 e. The molecule has 0 atom stereocenters. The van der Waals surface area contributed by atoms with E-state index in [4.69, 9.17) is 11.1 Å². The van der Waals surface area contributed by atoms with Gasteiger partial charge in [0.25, 0.3) is 0 Å². The van der Waals surface area contributed by atoms with Gasteiger partial charge < -0.3 is 10.6 Å². The summed E-state index contributed by atoms with van der Waals surface area (Å²) in [6.45, 7) is 5.27. The van der Waals surface area contributed by atoms with Gasteiger partial charge in [-0.3, -0.25) is 5.41 Å². The number of amidine groups is 1. The SMILES string of the molecule is Cc1ccc(N(C)CCCCC(=N)N)c(C)c1. The van der Waals surface area contributed by atoms with E-state index in [1.54, 1.807) is 0 Å². The summed E-state index contributed by atoms with van der Waals surface area (Å²) in [5.41, 5.74) is 9.24. The Hall–Kier alpha value is -1.51. The summed E-state index contributed by atoms with van der Waals surface area (Å²) in [5.74, 6) is 0.291. The topological polar surface area (TPSA) is 53.1 Å².